The number of azide groups is 1. The lowest BCUT2D eigenvalue weighted by Gasteiger charge is -2.20. The summed E-state index contributed by atoms with van der Waals surface area (Å²) in [6.07, 6.45) is -0.596. The highest BCUT2D eigenvalue weighted by atomic mass is 19.1. The first kappa shape index (κ1) is 13.3. The van der Waals surface area contributed by atoms with E-state index in [2.05, 4.69) is 10.0 Å². The molecule has 1 aromatic carbocycles. The Morgan fingerprint density at radius 1 is 1.35 bits per heavy atom. The molecule has 0 aromatic heterocycles. The van der Waals surface area contributed by atoms with Gasteiger partial charge < -0.3 is 9.47 Å². The van der Waals surface area contributed by atoms with Gasteiger partial charge in [-0.15, -0.1) is 0 Å². The molecule has 0 saturated heterocycles. The Labute approximate surface area is 98.8 Å². The van der Waals surface area contributed by atoms with Gasteiger partial charge >= 0.3 is 0 Å². The van der Waals surface area contributed by atoms with Gasteiger partial charge in [-0.2, -0.15) is 0 Å². The summed E-state index contributed by atoms with van der Waals surface area (Å²) in [5, 5.41) is 3.38. The molecule has 0 bridgehead atoms. The van der Waals surface area contributed by atoms with Gasteiger partial charge in [0.25, 0.3) is 0 Å². The molecular weight excluding hydrogens is 225 g/mol. The lowest BCUT2D eigenvalue weighted by atomic mass is 10.0. The zero-order chi connectivity index (χ0) is 12.7. The van der Waals surface area contributed by atoms with Gasteiger partial charge in [0.05, 0.1) is 19.3 Å². The number of benzene rings is 1. The summed E-state index contributed by atoms with van der Waals surface area (Å²) >= 11 is 0. The van der Waals surface area contributed by atoms with E-state index >= 15 is 0 Å². The maximum absolute atomic E-state index is 12.7. The molecule has 0 aliphatic rings. The van der Waals surface area contributed by atoms with Crippen LogP contribution in [0.15, 0.2) is 29.4 Å². The highest BCUT2D eigenvalue weighted by Crippen LogP contribution is 2.25. The Bertz CT molecular complexity index is 390. The smallest absolute Gasteiger partial charge is 0.118 e. The summed E-state index contributed by atoms with van der Waals surface area (Å²) in [4.78, 5) is 2.62. The van der Waals surface area contributed by atoms with Crippen LogP contribution in [-0.4, -0.2) is 26.9 Å². The van der Waals surface area contributed by atoms with Crippen LogP contribution < -0.4 is 4.74 Å². The maximum atomic E-state index is 12.7. The van der Waals surface area contributed by atoms with Gasteiger partial charge in [-0.3, -0.25) is 4.39 Å². The van der Waals surface area contributed by atoms with Crippen molar-refractivity contribution in [2.75, 3.05) is 20.9 Å². The van der Waals surface area contributed by atoms with E-state index in [0.29, 0.717) is 5.75 Å². The van der Waals surface area contributed by atoms with Crippen LogP contribution >= 0.6 is 0 Å². The fourth-order valence-corrected chi connectivity index (χ4v) is 1.55. The lowest BCUT2D eigenvalue weighted by molar-refractivity contribution is 0.0722. The first-order chi connectivity index (χ1) is 8.26. The quantitative estimate of drug-likeness (QED) is 0.435. The van der Waals surface area contributed by atoms with Crippen molar-refractivity contribution in [2.45, 2.75) is 12.1 Å². The number of alkyl halides is 1. The average molecular weight is 239 g/mol. The van der Waals surface area contributed by atoms with Gasteiger partial charge in [-0.05, 0) is 23.2 Å². The summed E-state index contributed by atoms with van der Waals surface area (Å²) in [5.74, 6) is 0.698. The van der Waals surface area contributed by atoms with Crippen LogP contribution in [0.4, 0.5) is 4.39 Å². The van der Waals surface area contributed by atoms with E-state index < -0.39 is 18.8 Å². The molecule has 0 N–H and O–H groups in total. The molecule has 92 valence electrons. The SMILES string of the molecule is COc1ccc([C@@H](OC)[C@@H](CF)N=[N+]=[N-])cc1. The fourth-order valence-electron chi connectivity index (χ4n) is 1.55. The number of hydrogen-bond acceptors (Lipinski definition) is 3. The first-order valence-corrected chi connectivity index (χ1v) is 5.03. The highest BCUT2D eigenvalue weighted by molar-refractivity contribution is 5.29. The molecule has 0 unspecified atom stereocenters. The van der Waals surface area contributed by atoms with Crippen molar-refractivity contribution in [2.24, 2.45) is 5.11 Å². The van der Waals surface area contributed by atoms with E-state index in [9.17, 15) is 4.39 Å². The van der Waals surface area contributed by atoms with E-state index in [-0.39, 0.29) is 0 Å². The standard InChI is InChI=1S/C11H14FN3O2/c1-16-9-5-3-8(4-6-9)11(17-2)10(7-12)14-15-13/h3-6,10-11H,7H2,1-2H3/t10-,11-/m1/s1. The predicted octanol–water partition coefficient (Wildman–Crippen LogP) is 3.03. The van der Waals surface area contributed by atoms with Crippen molar-refractivity contribution in [3.8, 4) is 5.75 Å². The summed E-state index contributed by atoms with van der Waals surface area (Å²) in [6, 6.07) is 6.13. The van der Waals surface area contributed by atoms with E-state index in [1.54, 1.807) is 31.4 Å². The molecule has 0 amide bonds. The highest BCUT2D eigenvalue weighted by Gasteiger charge is 2.21. The predicted molar refractivity (Wildman–Crippen MR) is 61.7 cm³/mol. The number of hydrogen-bond donors (Lipinski definition) is 0. The molecule has 1 rings (SSSR count). The van der Waals surface area contributed by atoms with Crippen LogP contribution in [0.3, 0.4) is 0 Å². The summed E-state index contributed by atoms with van der Waals surface area (Å²) in [5.41, 5.74) is 9.10. The van der Waals surface area contributed by atoms with Crippen LogP contribution in [0, 0.1) is 0 Å². The van der Waals surface area contributed by atoms with Gasteiger partial charge in [0.2, 0.25) is 0 Å². The van der Waals surface area contributed by atoms with Crippen molar-refractivity contribution in [3.05, 3.63) is 40.3 Å². The minimum absolute atomic E-state index is 0.596. The molecule has 0 heterocycles. The molecule has 0 fully saturated rings. The van der Waals surface area contributed by atoms with Crippen molar-refractivity contribution >= 4 is 0 Å². The van der Waals surface area contributed by atoms with Crippen molar-refractivity contribution in [1.82, 2.24) is 0 Å². The Balaban J connectivity index is 2.94. The summed E-state index contributed by atoms with van der Waals surface area (Å²) in [6.45, 7) is -0.769. The van der Waals surface area contributed by atoms with Crippen molar-refractivity contribution in [1.29, 1.82) is 0 Å². The molecule has 0 aliphatic heterocycles. The number of methoxy groups -OCH3 is 2. The molecule has 0 spiro atoms. The summed E-state index contributed by atoms with van der Waals surface area (Å²) in [7, 11) is 3.01. The Morgan fingerprint density at radius 2 is 2.00 bits per heavy atom. The molecule has 1 aromatic rings. The van der Waals surface area contributed by atoms with Crippen LogP contribution in [0.25, 0.3) is 10.4 Å². The fraction of sp³-hybridized carbons (Fsp3) is 0.455. The van der Waals surface area contributed by atoms with Crippen molar-refractivity contribution < 1.29 is 13.9 Å². The Hall–Kier alpha value is -1.78. The number of rotatable bonds is 6. The molecular formula is C11H14FN3O2. The number of halogens is 1. The van der Waals surface area contributed by atoms with E-state index in [1.807, 2.05) is 0 Å². The maximum Gasteiger partial charge on any atom is 0.118 e. The van der Waals surface area contributed by atoms with Crippen LogP contribution in [-0.2, 0) is 4.74 Å². The molecule has 2 atom stereocenters. The second-order valence-corrected chi connectivity index (χ2v) is 3.36. The Kier molecular flexibility index (Phi) is 5.26. The first-order valence-electron chi connectivity index (χ1n) is 5.03. The number of nitrogens with zero attached hydrogens (tertiary/aromatic N) is 3. The second kappa shape index (κ2) is 6.73. The third-order valence-corrected chi connectivity index (χ3v) is 2.41. The van der Waals surface area contributed by atoms with Gasteiger partial charge in [-0.25, -0.2) is 0 Å². The van der Waals surface area contributed by atoms with Gasteiger partial charge in [0, 0.05) is 12.0 Å². The van der Waals surface area contributed by atoms with Crippen LogP contribution in [0.1, 0.15) is 11.7 Å². The molecule has 0 radical (unpaired) electrons. The zero-order valence-electron chi connectivity index (χ0n) is 9.71. The molecule has 5 nitrogen and oxygen atoms in total. The largest absolute Gasteiger partial charge is 0.497 e. The van der Waals surface area contributed by atoms with Crippen LogP contribution in [0.5, 0.6) is 5.75 Å². The summed E-state index contributed by atoms with van der Waals surface area (Å²) < 4.78 is 22.9. The third-order valence-electron chi connectivity index (χ3n) is 2.41. The second-order valence-electron chi connectivity index (χ2n) is 3.36. The van der Waals surface area contributed by atoms with E-state index in [4.69, 9.17) is 15.0 Å². The van der Waals surface area contributed by atoms with Gasteiger partial charge in [0.1, 0.15) is 12.4 Å². The average Bonchev–Trinajstić information content (AvgIpc) is 2.39. The molecule has 0 aliphatic carbocycles. The lowest BCUT2D eigenvalue weighted by Crippen LogP contribution is -2.20. The zero-order valence-corrected chi connectivity index (χ0v) is 9.71. The van der Waals surface area contributed by atoms with Crippen molar-refractivity contribution in [3.63, 3.8) is 0 Å². The van der Waals surface area contributed by atoms with Gasteiger partial charge in [-0.1, -0.05) is 17.2 Å². The molecule has 0 saturated carbocycles. The molecule has 6 heteroatoms. The Morgan fingerprint density at radius 3 is 2.41 bits per heavy atom. The monoisotopic (exact) mass is 239 g/mol. The van der Waals surface area contributed by atoms with Gasteiger partial charge in [0.15, 0.2) is 0 Å². The molecule has 17 heavy (non-hydrogen) atoms. The normalized spacial score (nSPS) is 13.6. The van der Waals surface area contributed by atoms with E-state index in [0.717, 1.165) is 5.56 Å². The topological polar surface area (TPSA) is 67.2 Å². The van der Waals surface area contributed by atoms with Crippen LogP contribution in [0.2, 0.25) is 0 Å². The minimum Gasteiger partial charge on any atom is -0.497 e. The minimum atomic E-state index is -0.863. The van der Waals surface area contributed by atoms with E-state index in [1.165, 1.54) is 7.11 Å². The third kappa shape index (κ3) is 3.34. The number of ether oxygens (including phenoxy) is 2.